The van der Waals surface area contributed by atoms with E-state index in [0.717, 1.165) is 37.4 Å². The van der Waals surface area contributed by atoms with Gasteiger partial charge in [-0.05, 0) is 37.2 Å². The van der Waals surface area contributed by atoms with Crippen LogP contribution in [-0.4, -0.2) is 19.7 Å². The molecule has 1 rings (SSSR count). The topological polar surface area (TPSA) is 21.3 Å². The van der Waals surface area contributed by atoms with Crippen LogP contribution in [0.4, 0.5) is 0 Å². The molecule has 1 N–H and O–H groups in total. The van der Waals surface area contributed by atoms with E-state index in [4.69, 9.17) is 4.74 Å². The van der Waals surface area contributed by atoms with Crippen LogP contribution in [0.5, 0.6) is 5.75 Å². The van der Waals surface area contributed by atoms with Crippen LogP contribution < -0.4 is 10.1 Å². The van der Waals surface area contributed by atoms with E-state index in [9.17, 15) is 0 Å². The Kier molecular flexibility index (Phi) is 12.3. The quantitative estimate of drug-likeness (QED) is 0.697. The standard InChI is InChI=1S/C13H18O.C4H11N/c1-3-5-6-11-14-13-9-7-12(4-2)8-10-13;1-3-5-4-2/h4,7-10H,2-3,5-6,11H2,1H3;5H,3-4H2,1-2H3. The number of hydrogen-bond donors (Lipinski definition) is 1. The molecule has 0 heterocycles. The Labute approximate surface area is 118 Å². The third kappa shape index (κ3) is 10.3. The SMILES string of the molecule is C=Cc1ccc(OCCCCC)cc1.CCNCC. The zero-order valence-corrected chi connectivity index (χ0v) is 12.7. The summed E-state index contributed by atoms with van der Waals surface area (Å²) in [5.41, 5.74) is 1.13. The first-order valence-corrected chi connectivity index (χ1v) is 7.34. The summed E-state index contributed by atoms with van der Waals surface area (Å²) in [7, 11) is 0. The van der Waals surface area contributed by atoms with Crippen molar-refractivity contribution in [3.8, 4) is 5.75 Å². The van der Waals surface area contributed by atoms with Crippen molar-refractivity contribution in [2.45, 2.75) is 40.0 Å². The molecular weight excluding hydrogens is 234 g/mol. The van der Waals surface area contributed by atoms with Crippen molar-refractivity contribution in [2.24, 2.45) is 0 Å². The third-order valence-electron chi connectivity index (χ3n) is 2.63. The monoisotopic (exact) mass is 263 g/mol. The van der Waals surface area contributed by atoms with Crippen LogP contribution in [0, 0.1) is 0 Å². The molecule has 1 aromatic carbocycles. The lowest BCUT2D eigenvalue weighted by atomic mass is 10.2. The molecule has 0 aliphatic carbocycles. The maximum Gasteiger partial charge on any atom is 0.119 e. The maximum absolute atomic E-state index is 5.57. The van der Waals surface area contributed by atoms with Gasteiger partial charge in [-0.1, -0.05) is 58.4 Å². The summed E-state index contributed by atoms with van der Waals surface area (Å²) >= 11 is 0. The van der Waals surface area contributed by atoms with Gasteiger partial charge in [0.05, 0.1) is 6.61 Å². The number of hydrogen-bond acceptors (Lipinski definition) is 2. The normalized spacial score (nSPS) is 9.42. The Morgan fingerprint density at radius 1 is 1.05 bits per heavy atom. The second-order valence-corrected chi connectivity index (χ2v) is 4.29. The minimum absolute atomic E-state index is 0.821. The lowest BCUT2D eigenvalue weighted by molar-refractivity contribution is 0.306. The molecule has 0 bridgehead atoms. The fourth-order valence-electron chi connectivity index (χ4n) is 1.49. The van der Waals surface area contributed by atoms with E-state index in [1.807, 2.05) is 30.3 Å². The van der Waals surface area contributed by atoms with Crippen LogP contribution in [0.2, 0.25) is 0 Å². The second kappa shape index (κ2) is 13.2. The number of benzene rings is 1. The Morgan fingerprint density at radius 2 is 1.68 bits per heavy atom. The van der Waals surface area contributed by atoms with Gasteiger partial charge in [0.15, 0.2) is 0 Å². The highest BCUT2D eigenvalue weighted by Gasteiger charge is 1.92. The average molecular weight is 263 g/mol. The first-order valence-electron chi connectivity index (χ1n) is 7.34. The number of rotatable bonds is 8. The zero-order chi connectivity index (χ0) is 14.3. The predicted molar refractivity (Wildman–Crippen MR) is 85.8 cm³/mol. The van der Waals surface area contributed by atoms with Gasteiger partial charge in [0.2, 0.25) is 0 Å². The molecule has 0 radical (unpaired) electrons. The summed E-state index contributed by atoms with van der Waals surface area (Å²) in [6.45, 7) is 13.1. The van der Waals surface area contributed by atoms with Crippen molar-refractivity contribution >= 4 is 6.08 Å². The van der Waals surface area contributed by atoms with Crippen molar-refractivity contribution in [3.05, 3.63) is 36.4 Å². The molecule has 0 amide bonds. The molecular formula is C17H29NO. The van der Waals surface area contributed by atoms with E-state index in [1.165, 1.54) is 12.8 Å². The predicted octanol–water partition coefficient (Wildman–Crippen LogP) is 4.51. The molecule has 0 aliphatic heterocycles. The molecule has 19 heavy (non-hydrogen) atoms. The Morgan fingerprint density at radius 3 is 2.11 bits per heavy atom. The maximum atomic E-state index is 5.57. The summed E-state index contributed by atoms with van der Waals surface area (Å²) in [6, 6.07) is 8.01. The van der Waals surface area contributed by atoms with E-state index in [2.05, 4.69) is 32.7 Å². The first kappa shape index (κ1) is 17.7. The van der Waals surface area contributed by atoms with Gasteiger partial charge in [-0.3, -0.25) is 0 Å². The van der Waals surface area contributed by atoms with Gasteiger partial charge in [-0.2, -0.15) is 0 Å². The van der Waals surface area contributed by atoms with Gasteiger partial charge in [0, 0.05) is 0 Å². The molecule has 0 saturated heterocycles. The Balaban J connectivity index is 0.000000555. The molecule has 0 aliphatic rings. The molecule has 108 valence electrons. The van der Waals surface area contributed by atoms with E-state index >= 15 is 0 Å². The zero-order valence-electron chi connectivity index (χ0n) is 12.7. The van der Waals surface area contributed by atoms with Crippen molar-refractivity contribution < 1.29 is 4.74 Å². The van der Waals surface area contributed by atoms with Crippen LogP contribution in [-0.2, 0) is 0 Å². The Bertz CT molecular complexity index is 304. The third-order valence-corrected chi connectivity index (χ3v) is 2.63. The molecule has 0 atom stereocenters. The van der Waals surface area contributed by atoms with E-state index < -0.39 is 0 Å². The smallest absolute Gasteiger partial charge is 0.119 e. The van der Waals surface area contributed by atoms with Gasteiger partial charge < -0.3 is 10.1 Å². The summed E-state index contributed by atoms with van der Waals surface area (Å²) in [5.74, 6) is 0.951. The highest BCUT2D eigenvalue weighted by atomic mass is 16.5. The van der Waals surface area contributed by atoms with Gasteiger partial charge >= 0.3 is 0 Å². The summed E-state index contributed by atoms with van der Waals surface area (Å²) < 4.78 is 5.57. The molecule has 0 saturated carbocycles. The number of nitrogens with one attached hydrogen (secondary N) is 1. The van der Waals surface area contributed by atoms with Gasteiger partial charge in [0.25, 0.3) is 0 Å². The molecule has 2 heteroatoms. The molecule has 0 aromatic heterocycles. The molecule has 0 unspecified atom stereocenters. The number of ether oxygens (including phenoxy) is 1. The molecule has 0 fully saturated rings. The van der Waals surface area contributed by atoms with E-state index in [0.29, 0.717) is 0 Å². The van der Waals surface area contributed by atoms with Crippen LogP contribution in [0.25, 0.3) is 6.08 Å². The van der Waals surface area contributed by atoms with Gasteiger partial charge in [-0.15, -0.1) is 0 Å². The Hall–Kier alpha value is -1.28. The van der Waals surface area contributed by atoms with Gasteiger partial charge in [0.1, 0.15) is 5.75 Å². The van der Waals surface area contributed by atoms with Crippen LogP contribution in [0.1, 0.15) is 45.6 Å². The molecule has 1 aromatic rings. The molecule has 0 spiro atoms. The average Bonchev–Trinajstić information content (AvgIpc) is 2.46. The van der Waals surface area contributed by atoms with Crippen molar-refractivity contribution in [1.82, 2.24) is 5.32 Å². The number of unbranched alkanes of at least 4 members (excludes halogenated alkanes) is 2. The second-order valence-electron chi connectivity index (χ2n) is 4.29. The summed E-state index contributed by atoms with van der Waals surface area (Å²) in [5, 5.41) is 3.11. The summed E-state index contributed by atoms with van der Waals surface area (Å²) in [4.78, 5) is 0. The minimum Gasteiger partial charge on any atom is -0.494 e. The van der Waals surface area contributed by atoms with E-state index in [-0.39, 0.29) is 0 Å². The van der Waals surface area contributed by atoms with Crippen LogP contribution in [0.3, 0.4) is 0 Å². The van der Waals surface area contributed by atoms with Crippen molar-refractivity contribution in [1.29, 1.82) is 0 Å². The lowest BCUT2D eigenvalue weighted by Gasteiger charge is -2.05. The fourth-order valence-corrected chi connectivity index (χ4v) is 1.49. The fraction of sp³-hybridized carbons (Fsp3) is 0.529. The highest BCUT2D eigenvalue weighted by molar-refractivity contribution is 5.48. The van der Waals surface area contributed by atoms with Crippen molar-refractivity contribution in [3.63, 3.8) is 0 Å². The first-order chi connectivity index (χ1) is 9.28. The van der Waals surface area contributed by atoms with Crippen molar-refractivity contribution in [2.75, 3.05) is 19.7 Å². The van der Waals surface area contributed by atoms with Gasteiger partial charge in [-0.25, -0.2) is 0 Å². The summed E-state index contributed by atoms with van der Waals surface area (Å²) in [6.07, 6.45) is 5.45. The van der Waals surface area contributed by atoms with Crippen LogP contribution in [0.15, 0.2) is 30.8 Å². The highest BCUT2D eigenvalue weighted by Crippen LogP contribution is 2.13. The van der Waals surface area contributed by atoms with Crippen LogP contribution >= 0.6 is 0 Å². The largest absolute Gasteiger partial charge is 0.494 e. The lowest BCUT2D eigenvalue weighted by Crippen LogP contribution is -2.09. The minimum atomic E-state index is 0.821. The molecule has 2 nitrogen and oxygen atoms in total. The van der Waals surface area contributed by atoms with E-state index in [1.54, 1.807) is 0 Å².